The summed E-state index contributed by atoms with van der Waals surface area (Å²) in [4.78, 5) is 15.4. The molecule has 6 heteroatoms. The first-order valence-corrected chi connectivity index (χ1v) is 6.10. The Hall–Kier alpha value is -2.21. The average molecular weight is 259 g/mol. The van der Waals surface area contributed by atoms with E-state index in [0.29, 0.717) is 24.0 Å². The maximum atomic E-state index is 11.1. The fourth-order valence-electron chi connectivity index (χ4n) is 1.65. The zero-order valence-corrected chi connectivity index (χ0v) is 11.0. The van der Waals surface area contributed by atoms with Crippen molar-refractivity contribution in [3.63, 3.8) is 0 Å². The molecule has 0 bridgehead atoms. The van der Waals surface area contributed by atoms with Gasteiger partial charge in [0.05, 0.1) is 11.8 Å². The number of hydrogen-bond acceptors (Lipinski definition) is 4. The number of carbonyl (C=O) groups is 1. The predicted octanol–water partition coefficient (Wildman–Crippen LogP) is 0.864. The topological polar surface area (TPSA) is 85.8 Å². The van der Waals surface area contributed by atoms with Crippen molar-refractivity contribution in [2.24, 2.45) is 5.73 Å². The lowest BCUT2D eigenvalue weighted by Crippen LogP contribution is -2.23. The Morgan fingerprint density at radius 2 is 2.32 bits per heavy atom. The highest BCUT2D eigenvalue weighted by molar-refractivity contribution is 5.92. The maximum absolute atomic E-state index is 11.1. The quantitative estimate of drug-likeness (QED) is 0.834. The van der Waals surface area contributed by atoms with Crippen LogP contribution in [0.5, 0.6) is 0 Å². The number of pyridine rings is 1. The summed E-state index contributed by atoms with van der Waals surface area (Å²) in [5.41, 5.74) is 6.60. The molecule has 0 saturated carbocycles. The summed E-state index contributed by atoms with van der Waals surface area (Å²) in [5.74, 6) is 0.201. The minimum absolute atomic E-state index is 0.369. The van der Waals surface area contributed by atoms with Crippen LogP contribution in [0.1, 0.15) is 29.8 Å². The van der Waals surface area contributed by atoms with E-state index in [0.717, 1.165) is 5.56 Å². The first-order chi connectivity index (χ1) is 9.08. The van der Waals surface area contributed by atoms with Crippen molar-refractivity contribution < 1.29 is 4.79 Å². The van der Waals surface area contributed by atoms with Crippen molar-refractivity contribution in [2.45, 2.75) is 26.4 Å². The number of nitrogens with zero attached hydrogens (tertiary/aromatic N) is 3. The lowest BCUT2D eigenvalue weighted by Gasteiger charge is -2.11. The van der Waals surface area contributed by atoms with E-state index in [1.807, 2.05) is 12.1 Å². The molecule has 0 aliphatic carbocycles. The zero-order valence-electron chi connectivity index (χ0n) is 11.0. The Bertz CT molecular complexity index is 576. The van der Waals surface area contributed by atoms with Crippen LogP contribution in [0.4, 0.5) is 0 Å². The van der Waals surface area contributed by atoms with Crippen molar-refractivity contribution in [3.8, 4) is 5.82 Å². The third-order valence-corrected chi connectivity index (χ3v) is 2.65. The van der Waals surface area contributed by atoms with Crippen molar-refractivity contribution in [3.05, 3.63) is 41.9 Å². The van der Waals surface area contributed by atoms with Crippen LogP contribution in [0.15, 0.2) is 30.7 Å². The molecule has 0 aromatic carbocycles. The highest BCUT2D eigenvalue weighted by Crippen LogP contribution is 2.11. The van der Waals surface area contributed by atoms with Gasteiger partial charge in [0.2, 0.25) is 0 Å². The minimum atomic E-state index is -0.496. The number of rotatable bonds is 5. The van der Waals surface area contributed by atoms with Gasteiger partial charge in [-0.05, 0) is 6.07 Å². The van der Waals surface area contributed by atoms with Crippen LogP contribution in [0, 0.1) is 0 Å². The van der Waals surface area contributed by atoms with Gasteiger partial charge in [0.25, 0.3) is 5.91 Å². The van der Waals surface area contributed by atoms with Gasteiger partial charge in [0.1, 0.15) is 0 Å². The van der Waals surface area contributed by atoms with Gasteiger partial charge in [-0.2, -0.15) is 5.10 Å². The normalized spacial score (nSPS) is 10.9. The van der Waals surface area contributed by atoms with E-state index in [-0.39, 0.29) is 0 Å². The first-order valence-electron chi connectivity index (χ1n) is 6.10. The molecule has 0 unspecified atom stereocenters. The summed E-state index contributed by atoms with van der Waals surface area (Å²) in [7, 11) is 0. The molecule has 1 amide bonds. The predicted molar refractivity (Wildman–Crippen MR) is 71.9 cm³/mol. The molecular formula is C13H17N5O. The molecule has 2 aromatic rings. The summed E-state index contributed by atoms with van der Waals surface area (Å²) < 4.78 is 1.57. The Labute approximate surface area is 111 Å². The molecule has 0 atom stereocenters. The number of nitrogens with two attached hydrogens (primary N) is 1. The molecule has 2 heterocycles. The van der Waals surface area contributed by atoms with E-state index in [4.69, 9.17) is 5.73 Å². The Morgan fingerprint density at radius 3 is 2.95 bits per heavy atom. The molecule has 0 spiro atoms. The van der Waals surface area contributed by atoms with Crippen LogP contribution in [0.3, 0.4) is 0 Å². The molecule has 6 nitrogen and oxygen atoms in total. The summed E-state index contributed by atoms with van der Waals surface area (Å²) in [6.45, 7) is 4.84. The maximum Gasteiger partial charge on any atom is 0.251 e. The number of carbonyl (C=O) groups excluding carboxylic acids is 1. The fraction of sp³-hybridized carbons (Fsp3) is 0.308. The monoisotopic (exact) mass is 259 g/mol. The third kappa shape index (κ3) is 3.17. The second kappa shape index (κ2) is 5.62. The first kappa shape index (κ1) is 13.2. The van der Waals surface area contributed by atoms with E-state index in [2.05, 4.69) is 29.2 Å². The molecular weight excluding hydrogens is 242 g/mol. The van der Waals surface area contributed by atoms with E-state index in [1.165, 1.54) is 6.20 Å². The molecule has 100 valence electrons. The number of primary amides is 1. The molecule has 3 N–H and O–H groups in total. The van der Waals surface area contributed by atoms with Gasteiger partial charge in [-0.15, -0.1) is 0 Å². The van der Waals surface area contributed by atoms with Gasteiger partial charge in [0, 0.05) is 30.5 Å². The lowest BCUT2D eigenvalue weighted by molar-refractivity contribution is 0.100. The summed E-state index contributed by atoms with van der Waals surface area (Å²) in [6.07, 6.45) is 4.72. The number of aromatic nitrogens is 3. The van der Waals surface area contributed by atoms with E-state index < -0.39 is 5.91 Å². The molecule has 0 fully saturated rings. The molecule has 19 heavy (non-hydrogen) atoms. The van der Waals surface area contributed by atoms with Crippen LogP contribution in [0.2, 0.25) is 0 Å². The van der Waals surface area contributed by atoms with Crippen LogP contribution >= 0.6 is 0 Å². The zero-order chi connectivity index (χ0) is 13.8. The Balaban J connectivity index is 2.30. The van der Waals surface area contributed by atoms with Gasteiger partial charge in [-0.1, -0.05) is 19.9 Å². The number of hydrogen-bond donors (Lipinski definition) is 2. The standard InChI is InChI=1S/C13H17N5O/c1-9(2)16-6-10-4-3-5-15-13(10)18-8-11(7-17-18)12(14)19/h3-5,7-9,16H,6H2,1-2H3,(H2,14,19). The lowest BCUT2D eigenvalue weighted by atomic mass is 10.2. The van der Waals surface area contributed by atoms with Crippen LogP contribution in [-0.2, 0) is 6.54 Å². The van der Waals surface area contributed by atoms with E-state index in [1.54, 1.807) is 17.1 Å². The van der Waals surface area contributed by atoms with E-state index >= 15 is 0 Å². The van der Waals surface area contributed by atoms with Crippen LogP contribution in [0.25, 0.3) is 5.82 Å². The number of amides is 1. The second-order valence-electron chi connectivity index (χ2n) is 4.56. The molecule has 2 rings (SSSR count). The molecule has 2 aromatic heterocycles. The van der Waals surface area contributed by atoms with Crippen LogP contribution in [-0.4, -0.2) is 26.7 Å². The van der Waals surface area contributed by atoms with Crippen molar-refractivity contribution in [2.75, 3.05) is 0 Å². The fourth-order valence-corrected chi connectivity index (χ4v) is 1.65. The van der Waals surface area contributed by atoms with Gasteiger partial charge < -0.3 is 11.1 Å². The van der Waals surface area contributed by atoms with Crippen molar-refractivity contribution in [1.82, 2.24) is 20.1 Å². The number of nitrogens with one attached hydrogen (secondary N) is 1. The Morgan fingerprint density at radius 1 is 1.53 bits per heavy atom. The SMILES string of the molecule is CC(C)NCc1cccnc1-n1cc(C(N)=O)cn1. The van der Waals surface area contributed by atoms with Crippen molar-refractivity contribution in [1.29, 1.82) is 0 Å². The summed E-state index contributed by atoms with van der Waals surface area (Å²) >= 11 is 0. The van der Waals surface area contributed by atoms with E-state index in [9.17, 15) is 4.79 Å². The Kier molecular flexibility index (Phi) is 3.91. The summed E-state index contributed by atoms with van der Waals surface area (Å²) in [6, 6.07) is 4.23. The molecule has 0 saturated heterocycles. The second-order valence-corrected chi connectivity index (χ2v) is 4.56. The molecule has 0 aliphatic rings. The van der Waals surface area contributed by atoms with Gasteiger partial charge in [0.15, 0.2) is 5.82 Å². The van der Waals surface area contributed by atoms with Gasteiger partial charge in [-0.25, -0.2) is 9.67 Å². The minimum Gasteiger partial charge on any atom is -0.366 e. The highest BCUT2D eigenvalue weighted by Gasteiger charge is 2.10. The van der Waals surface area contributed by atoms with Crippen molar-refractivity contribution >= 4 is 5.91 Å². The average Bonchev–Trinajstić information content (AvgIpc) is 2.86. The van der Waals surface area contributed by atoms with Crippen LogP contribution < -0.4 is 11.1 Å². The van der Waals surface area contributed by atoms with Gasteiger partial charge in [-0.3, -0.25) is 4.79 Å². The smallest absolute Gasteiger partial charge is 0.251 e. The summed E-state index contributed by atoms with van der Waals surface area (Å²) in [5, 5.41) is 7.45. The largest absolute Gasteiger partial charge is 0.366 e. The molecule has 0 radical (unpaired) electrons. The third-order valence-electron chi connectivity index (χ3n) is 2.65. The van der Waals surface area contributed by atoms with Gasteiger partial charge >= 0.3 is 0 Å². The highest BCUT2D eigenvalue weighted by atomic mass is 16.1. The molecule has 0 aliphatic heterocycles.